The molecule has 0 saturated carbocycles. The second-order valence-corrected chi connectivity index (χ2v) is 9.22. The molecule has 19 heavy (non-hydrogen) atoms. The first-order chi connectivity index (χ1) is 8.80. The molecule has 1 fully saturated rings. The van der Waals surface area contributed by atoms with Crippen LogP contribution < -0.4 is 5.73 Å². The Morgan fingerprint density at radius 1 is 1.37 bits per heavy atom. The van der Waals surface area contributed by atoms with E-state index in [2.05, 4.69) is 11.8 Å². The van der Waals surface area contributed by atoms with Gasteiger partial charge in [-0.25, -0.2) is 8.42 Å². The van der Waals surface area contributed by atoms with Gasteiger partial charge in [0.1, 0.15) is 5.37 Å². The Labute approximate surface area is 122 Å². The zero-order chi connectivity index (χ0) is 14.5. The number of thioether (sulfide) groups is 1. The molecule has 6 heteroatoms. The lowest BCUT2D eigenvalue weighted by Gasteiger charge is -2.35. The van der Waals surface area contributed by atoms with Crippen molar-refractivity contribution in [3.05, 3.63) is 0 Å². The Morgan fingerprint density at radius 3 is 2.63 bits per heavy atom. The van der Waals surface area contributed by atoms with E-state index in [0.717, 1.165) is 38.1 Å². The zero-order valence-corrected chi connectivity index (χ0v) is 14.0. The predicted octanol–water partition coefficient (Wildman–Crippen LogP) is 1.56. The van der Waals surface area contributed by atoms with Crippen LogP contribution in [0.15, 0.2) is 0 Å². The van der Waals surface area contributed by atoms with E-state index in [1.807, 2.05) is 6.92 Å². The topological polar surface area (TPSA) is 63.4 Å². The molecule has 0 aromatic carbocycles. The van der Waals surface area contributed by atoms with E-state index in [1.165, 1.54) is 6.26 Å². The zero-order valence-electron chi connectivity index (χ0n) is 12.3. The summed E-state index contributed by atoms with van der Waals surface area (Å²) in [7, 11) is -2.97. The first kappa shape index (κ1) is 17.3. The van der Waals surface area contributed by atoms with E-state index < -0.39 is 9.84 Å². The van der Waals surface area contributed by atoms with Crippen LogP contribution in [-0.4, -0.2) is 55.6 Å². The van der Waals surface area contributed by atoms with Crippen molar-refractivity contribution in [1.29, 1.82) is 0 Å². The molecule has 1 heterocycles. The average Bonchev–Trinajstić information content (AvgIpc) is 2.27. The van der Waals surface area contributed by atoms with Crippen LogP contribution in [0.4, 0.5) is 0 Å². The summed E-state index contributed by atoms with van der Waals surface area (Å²) < 4.78 is 23.6. The van der Waals surface area contributed by atoms with Crippen molar-refractivity contribution in [3.8, 4) is 0 Å². The second-order valence-electron chi connectivity index (χ2n) is 5.87. The number of hydrogen-bond donors (Lipinski definition) is 1. The molecule has 4 nitrogen and oxygen atoms in total. The Hall–Kier alpha value is 0.220. The summed E-state index contributed by atoms with van der Waals surface area (Å²) in [6, 6.07) is 0.266. The molecule has 0 amide bonds. The molecule has 1 saturated heterocycles. The third kappa shape index (κ3) is 6.47. The number of rotatable bonds is 7. The Morgan fingerprint density at radius 2 is 2.05 bits per heavy atom. The van der Waals surface area contributed by atoms with Crippen LogP contribution in [0.3, 0.4) is 0 Å². The molecule has 0 aromatic rings. The molecule has 0 bridgehead atoms. The van der Waals surface area contributed by atoms with Gasteiger partial charge in [-0.05, 0) is 25.7 Å². The van der Waals surface area contributed by atoms with E-state index in [1.54, 1.807) is 11.8 Å². The van der Waals surface area contributed by atoms with Gasteiger partial charge in [0, 0.05) is 36.9 Å². The van der Waals surface area contributed by atoms with Crippen LogP contribution in [0.1, 0.15) is 33.1 Å². The van der Waals surface area contributed by atoms with Crippen molar-refractivity contribution in [2.24, 2.45) is 11.7 Å². The fourth-order valence-corrected chi connectivity index (χ4v) is 5.45. The van der Waals surface area contributed by atoms with Gasteiger partial charge in [0.25, 0.3) is 0 Å². The summed E-state index contributed by atoms with van der Waals surface area (Å²) in [5.41, 5.74) is 5.75. The maximum Gasteiger partial charge on any atom is 0.164 e. The second kappa shape index (κ2) is 7.86. The highest BCUT2D eigenvalue weighted by atomic mass is 32.2. The van der Waals surface area contributed by atoms with Gasteiger partial charge in [-0.1, -0.05) is 13.3 Å². The lowest BCUT2D eigenvalue weighted by Crippen LogP contribution is -2.48. The molecule has 0 aliphatic carbocycles. The van der Waals surface area contributed by atoms with Crippen LogP contribution in [-0.2, 0) is 9.84 Å². The van der Waals surface area contributed by atoms with Gasteiger partial charge in [-0.2, -0.15) is 11.8 Å². The number of nitrogens with two attached hydrogens (primary N) is 1. The molecule has 2 N–H and O–H groups in total. The molecule has 1 rings (SSSR count). The minimum absolute atomic E-state index is 0.266. The van der Waals surface area contributed by atoms with Gasteiger partial charge >= 0.3 is 0 Å². The highest BCUT2D eigenvalue weighted by Gasteiger charge is 2.31. The smallest absolute Gasteiger partial charge is 0.164 e. The SMILES string of the molecule is CC(N)CCCC(C)CN1CCSCC1S(C)(=O)=O. The fraction of sp³-hybridized carbons (Fsp3) is 1.00. The summed E-state index contributed by atoms with van der Waals surface area (Å²) in [4.78, 5) is 2.16. The summed E-state index contributed by atoms with van der Waals surface area (Å²) in [6.45, 7) is 6.02. The molecule has 0 radical (unpaired) electrons. The largest absolute Gasteiger partial charge is 0.328 e. The van der Waals surface area contributed by atoms with Crippen molar-refractivity contribution >= 4 is 21.6 Å². The van der Waals surface area contributed by atoms with Gasteiger partial charge in [0.15, 0.2) is 9.84 Å². The minimum atomic E-state index is -2.97. The lowest BCUT2D eigenvalue weighted by molar-refractivity contribution is 0.226. The minimum Gasteiger partial charge on any atom is -0.328 e. The highest BCUT2D eigenvalue weighted by Crippen LogP contribution is 2.22. The molecular formula is C13H28N2O2S2. The molecular weight excluding hydrogens is 280 g/mol. The van der Waals surface area contributed by atoms with Crippen molar-refractivity contribution in [2.45, 2.75) is 44.5 Å². The third-order valence-corrected chi connectivity index (χ3v) is 6.27. The van der Waals surface area contributed by atoms with Gasteiger partial charge < -0.3 is 5.73 Å². The first-order valence-corrected chi connectivity index (χ1v) is 10.2. The normalized spacial score (nSPS) is 25.2. The van der Waals surface area contributed by atoms with Crippen molar-refractivity contribution in [3.63, 3.8) is 0 Å². The Kier molecular flexibility index (Phi) is 7.14. The quantitative estimate of drug-likeness (QED) is 0.773. The monoisotopic (exact) mass is 308 g/mol. The van der Waals surface area contributed by atoms with E-state index in [4.69, 9.17) is 5.73 Å². The standard InChI is InChI=1S/C13H28N2O2S2/c1-11(5-4-6-12(2)14)9-15-7-8-18-10-13(15)19(3,16)17/h11-13H,4-10,14H2,1-3H3. The molecule has 114 valence electrons. The maximum absolute atomic E-state index is 11.8. The molecule has 3 atom stereocenters. The van der Waals surface area contributed by atoms with Crippen LogP contribution in [0.5, 0.6) is 0 Å². The van der Waals surface area contributed by atoms with Crippen LogP contribution in [0.25, 0.3) is 0 Å². The van der Waals surface area contributed by atoms with Crippen molar-refractivity contribution in [2.75, 3.05) is 30.9 Å². The molecule has 1 aliphatic heterocycles. The van der Waals surface area contributed by atoms with Crippen LogP contribution >= 0.6 is 11.8 Å². The summed E-state index contributed by atoms with van der Waals surface area (Å²) in [5, 5.41) is -0.290. The fourth-order valence-electron chi connectivity index (χ4n) is 2.50. The van der Waals surface area contributed by atoms with Gasteiger partial charge in [0.05, 0.1) is 0 Å². The average molecular weight is 309 g/mol. The summed E-state index contributed by atoms with van der Waals surface area (Å²) in [6.07, 6.45) is 4.67. The van der Waals surface area contributed by atoms with Crippen LogP contribution in [0, 0.1) is 5.92 Å². The number of sulfone groups is 1. The van der Waals surface area contributed by atoms with Gasteiger partial charge in [-0.15, -0.1) is 0 Å². The Balaban J connectivity index is 2.44. The third-order valence-electron chi connectivity index (χ3n) is 3.59. The maximum atomic E-state index is 11.8. The van der Waals surface area contributed by atoms with E-state index >= 15 is 0 Å². The van der Waals surface area contributed by atoms with Gasteiger partial charge in [-0.3, -0.25) is 4.90 Å². The summed E-state index contributed by atoms with van der Waals surface area (Å²) >= 11 is 1.75. The Bertz CT molecular complexity index is 358. The van der Waals surface area contributed by atoms with Crippen LogP contribution in [0.2, 0.25) is 0 Å². The molecule has 3 unspecified atom stereocenters. The molecule has 1 aliphatic rings. The summed E-state index contributed by atoms with van der Waals surface area (Å²) in [5.74, 6) is 2.29. The van der Waals surface area contributed by atoms with E-state index in [9.17, 15) is 8.42 Å². The first-order valence-electron chi connectivity index (χ1n) is 7.07. The van der Waals surface area contributed by atoms with Crippen molar-refractivity contribution in [1.82, 2.24) is 4.90 Å². The lowest BCUT2D eigenvalue weighted by atomic mass is 10.0. The molecule has 0 spiro atoms. The van der Waals surface area contributed by atoms with Crippen molar-refractivity contribution < 1.29 is 8.42 Å². The predicted molar refractivity (Wildman–Crippen MR) is 84.2 cm³/mol. The number of hydrogen-bond acceptors (Lipinski definition) is 5. The highest BCUT2D eigenvalue weighted by molar-refractivity contribution is 8.00. The van der Waals surface area contributed by atoms with E-state index in [0.29, 0.717) is 11.7 Å². The number of nitrogens with zero attached hydrogens (tertiary/aromatic N) is 1. The van der Waals surface area contributed by atoms with Gasteiger partial charge in [0.2, 0.25) is 0 Å². The van der Waals surface area contributed by atoms with E-state index in [-0.39, 0.29) is 11.4 Å². The molecule has 0 aromatic heterocycles.